The molecule has 0 amide bonds. The van der Waals surface area contributed by atoms with Gasteiger partial charge in [0.1, 0.15) is 17.5 Å². The van der Waals surface area contributed by atoms with Gasteiger partial charge in [0.2, 0.25) is 0 Å². The summed E-state index contributed by atoms with van der Waals surface area (Å²) < 4.78 is 27.6. The van der Waals surface area contributed by atoms with Crippen LogP contribution < -0.4 is 0 Å². The number of halogens is 2. The minimum Gasteiger partial charge on any atom is -0.297 e. The number of aryl methyl sites for hydroxylation is 1. The van der Waals surface area contributed by atoms with E-state index in [4.69, 9.17) is 0 Å². The number of likely N-dealkylation sites (tertiary alicyclic amines) is 1. The van der Waals surface area contributed by atoms with Crippen molar-refractivity contribution in [2.24, 2.45) is 5.92 Å². The Bertz CT molecular complexity index is 685. The SMILES string of the molecule is CCc1nccc(CN2CCCC(CCc3c(F)cccc3F)C2)n1. The van der Waals surface area contributed by atoms with Crippen LogP contribution in [0.4, 0.5) is 8.78 Å². The smallest absolute Gasteiger partial charge is 0.129 e. The van der Waals surface area contributed by atoms with Gasteiger partial charge in [0.05, 0.1) is 5.69 Å². The first-order chi connectivity index (χ1) is 12.2. The molecule has 0 saturated carbocycles. The summed E-state index contributed by atoms with van der Waals surface area (Å²) in [4.78, 5) is 11.2. The maximum absolute atomic E-state index is 13.8. The third kappa shape index (κ3) is 4.82. The number of piperidine rings is 1. The Morgan fingerprint density at radius 1 is 1.20 bits per heavy atom. The van der Waals surface area contributed by atoms with E-state index in [1.165, 1.54) is 18.2 Å². The van der Waals surface area contributed by atoms with Crippen LogP contribution in [-0.4, -0.2) is 28.0 Å². The van der Waals surface area contributed by atoms with Crippen LogP contribution in [0.2, 0.25) is 0 Å². The van der Waals surface area contributed by atoms with E-state index in [1.807, 2.05) is 12.3 Å². The maximum atomic E-state index is 13.8. The summed E-state index contributed by atoms with van der Waals surface area (Å²) in [6.07, 6.45) is 6.18. The van der Waals surface area contributed by atoms with Crippen molar-refractivity contribution in [2.45, 2.75) is 45.6 Å². The average Bonchev–Trinajstić information content (AvgIpc) is 2.62. The Morgan fingerprint density at radius 2 is 2.00 bits per heavy atom. The molecule has 1 fully saturated rings. The lowest BCUT2D eigenvalue weighted by atomic mass is 9.91. The van der Waals surface area contributed by atoms with Crippen molar-refractivity contribution in [3.05, 3.63) is 59.2 Å². The Hall–Kier alpha value is -1.88. The molecule has 5 heteroatoms. The molecular formula is C20H25F2N3. The first kappa shape index (κ1) is 17.9. The number of benzene rings is 1. The van der Waals surface area contributed by atoms with Gasteiger partial charge in [0, 0.05) is 31.3 Å². The molecule has 1 saturated heterocycles. The summed E-state index contributed by atoms with van der Waals surface area (Å²) in [5.74, 6) is 0.489. The van der Waals surface area contributed by atoms with Crippen LogP contribution in [-0.2, 0) is 19.4 Å². The number of aromatic nitrogens is 2. The highest BCUT2D eigenvalue weighted by Gasteiger charge is 2.21. The number of hydrogen-bond donors (Lipinski definition) is 0. The fourth-order valence-corrected chi connectivity index (χ4v) is 3.58. The van der Waals surface area contributed by atoms with E-state index in [9.17, 15) is 8.78 Å². The molecule has 2 aromatic rings. The van der Waals surface area contributed by atoms with E-state index in [0.29, 0.717) is 12.3 Å². The predicted molar refractivity (Wildman–Crippen MR) is 94.1 cm³/mol. The van der Waals surface area contributed by atoms with Crippen molar-refractivity contribution in [1.82, 2.24) is 14.9 Å². The first-order valence-electron chi connectivity index (χ1n) is 9.11. The minimum atomic E-state index is -0.430. The fraction of sp³-hybridized carbons (Fsp3) is 0.500. The summed E-state index contributed by atoms with van der Waals surface area (Å²) in [5, 5.41) is 0. The molecule has 1 aromatic heterocycles. The zero-order valence-electron chi connectivity index (χ0n) is 14.7. The summed E-state index contributed by atoms with van der Waals surface area (Å²) in [7, 11) is 0. The van der Waals surface area contributed by atoms with Gasteiger partial charge in [-0.1, -0.05) is 13.0 Å². The van der Waals surface area contributed by atoms with Gasteiger partial charge in [-0.2, -0.15) is 0 Å². The van der Waals surface area contributed by atoms with Gasteiger partial charge < -0.3 is 0 Å². The van der Waals surface area contributed by atoms with E-state index >= 15 is 0 Å². The van der Waals surface area contributed by atoms with Crippen LogP contribution >= 0.6 is 0 Å². The van der Waals surface area contributed by atoms with E-state index in [1.54, 1.807) is 0 Å². The Morgan fingerprint density at radius 3 is 2.76 bits per heavy atom. The van der Waals surface area contributed by atoms with Gasteiger partial charge in [-0.05, 0) is 56.3 Å². The van der Waals surface area contributed by atoms with Crippen LogP contribution in [0.25, 0.3) is 0 Å². The summed E-state index contributed by atoms with van der Waals surface area (Å²) in [6.45, 7) is 4.88. The van der Waals surface area contributed by atoms with Gasteiger partial charge in [-0.3, -0.25) is 4.90 Å². The van der Waals surface area contributed by atoms with Gasteiger partial charge in [-0.25, -0.2) is 18.7 Å². The predicted octanol–water partition coefficient (Wildman–Crippen LogP) is 4.16. The quantitative estimate of drug-likeness (QED) is 0.787. The standard InChI is InChI=1S/C20H25F2N3/c1-2-20-23-11-10-16(24-20)14-25-12-4-5-15(13-25)8-9-17-18(21)6-3-7-19(17)22/h3,6-7,10-11,15H,2,4-5,8-9,12-14H2,1H3. The van der Waals surface area contributed by atoms with Crippen LogP contribution in [0.5, 0.6) is 0 Å². The van der Waals surface area contributed by atoms with Gasteiger partial charge in [0.25, 0.3) is 0 Å². The summed E-state index contributed by atoms with van der Waals surface area (Å²) in [5.41, 5.74) is 1.27. The van der Waals surface area contributed by atoms with Gasteiger partial charge in [0.15, 0.2) is 0 Å². The molecule has 1 atom stereocenters. The van der Waals surface area contributed by atoms with E-state index in [0.717, 1.165) is 56.8 Å². The molecule has 25 heavy (non-hydrogen) atoms. The largest absolute Gasteiger partial charge is 0.297 e. The lowest BCUT2D eigenvalue weighted by Gasteiger charge is -2.32. The molecule has 0 radical (unpaired) electrons. The molecule has 1 aromatic carbocycles. The normalized spacial score (nSPS) is 18.4. The second kappa shape index (κ2) is 8.48. The molecular weight excluding hydrogens is 320 g/mol. The van der Waals surface area contributed by atoms with Crippen molar-refractivity contribution in [2.75, 3.05) is 13.1 Å². The average molecular weight is 345 g/mol. The lowest BCUT2D eigenvalue weighted by Crippen LogP contribution is -2.35. The molecule has 2 heterocycles. The van der Waals surface area contributed by atoms with Crippen LogP contribution in [0, 0.1) is 17.6 Å². The Kier molecular flexibility index (Phi) is 6.08. The molecule has 1 unspecified atom stereocenters. The number of rotatable bonds is 6. The number of nitrogens with zero attached hydrogens (tertiary/aromatic N) is 3. The number of hydrogen-bond acceptors (Lipinski definition) is 3. The molecule has 134 valence electrons. The second-order valence-corrected chi connectivity index (χ2v) is 6.80. The summed E-state index contributed by atoms with van der Waals surface area (Å²) in [6, 6.07) is 6.07. The maximum Gasteiger partial charge on any atom is 0.129 e. The van der Waals surface area contributed by atoms with E-state index < -0.39 is 11.6 Å². The summed E-state index contributed by atoms with van der Waals surface area (Å²) >= 11 is 0. The molecule has 0 N–H and O–H groups in total. The molecule has 3 nitrogen and oxygen atoms in total. The van der Waals surface area contributed by atoms with Crippen molar-refractivity contribution in [3.63, 3.8) is 0 Å². The van der Waals surface area contributed by atoms with Crippen molar-refractivity contribution in [3.8, 4) is 0 Å². The zero-order chi connectivity index (χ0) is 17.6. The highest BCUT2D eigenvalue weighted by Crippen LogP contribution is 2.24. The highest BCUT2D eigenvalue weighted by atomic mass is 19.1. The monoisotopic (exact) mass is 345 g/mol. The highest BCUT2D eigenvalue weighted by molar-refractivity contribution is 5.19. The molecule has 0 spiro atoms. The Balaban J connectivity index is 1.56. The molecule has 0 bridgehead atoms. The topological polar surface area (TPSA) is 29.0 Å². The first-order valence-corrected chi connectivity index (χ1v) is 9.11. The second-order valence-electron chi connectivity index (χ2n) is 6.80. The minimum absolute atomic E-state index is 0.225. The van der Waals surface area contributed by atoms with Crippen LogP contribution in [0.3, 0.4) is 0 Å². The van der Waals surface area contributed by atoms with Crippen molar-refractivity contribution in [1.29, 1.82) is 0 Å². The van der Waals surface area contributed by atoms with Crippen LogP contribution in [0.1, 0.15) is 43.3 Å². The van der Waals surface area contributed by atoms with E-state index in [-0.39, 0.29) is 5.56 Å². The van der Waals surface area contributed by atoms with Crippen LogP contribution in [0.15, 0.2) is 30.5 Å². The fourth-order valence-electron chi connectivity index (χ4n) is 3.58. The Labute approximate surface area is 148 Å². The molecule has 3 rings (SSSR count). The zero-order valence-corrected chi connectivity index (χ0v) is 14.7. The van der Waals surface area contributed by atoms with Gasteiger partial charge >= 0.3 is 0 Å². The van der Waals surface area contributed by atoms with Crippen molar-refractivity contribution < 1.29 is 8.78 Å². The molecule has 1 aliphatic rings. The lowest BCUT2D eigenvalue weighted by molar-refractivity contribution is 0.159. The third-order valence-corrected chi connectivity index (χ3v) is 4.93. The molecule has 1 aliphatic heterocycles. The third-order valence-electron chi connectivity index (χ3n) is 4.93. The molecule has 0 aliphatic carbocycles. The van der Waals surface area contributed by atoms with Gasteiger partial charge in [-0.15, -0.1) is 0 Å². The van der Waals surface area contributed by atoms with Crippen molar-refractivity contribution >= 4 is 0 Å². The van der Waals surface area contributed by atoms with E-state index in [2.05, 4.69) is 21.8 Å².